The molecule has 0 bridgehead atoms. The third-order valence-electron chi connectivity index (χ3n) is 5.42. The number of sulfonamides is 1. The van der Waals surface area contributed by atoms with Crippen molar-refractivity contribution >= 4 is 15.8 Å². The Morgan fingerprint density at radius 2 is 1.78 bits per heavy atom. The molecule has 0 radical (unpaired) electrons. The lowest BCUT2D eigenvalue weighted by Crippen LogP contribution is -2.47. The zero-order chi connectivity index (χ0) is 18.9. The van der Waals surface area contributed by atoms with E-state index in [0.717, 1.165) is 44.8 Å². The molecule has 2 saturated heterocycles. The molecule has 0 spiro atoms. The fourth-order valence-corrected chi connectivity index (χ4v) is 5.02. The summed E-state index contributed by atoms with van der Waals surface area (Å²) in [7, 11) is -1.46. The van der Waals surface area contributed by atoms with Crippen LogP contribution in [0, 0.1) is 0 Å². The largest absolute Gasteiger partial charge is 0.356 e. The van der Waals surface area contributed by atoms with E-state index < -0.39 is 10.0 Å². The molecule has 0 unspecified atom stereocenters. The second kappa shape index (κ2) is 7.53. The topological polar surface area (TPSA) is 87.5 Å². The zero-order valence-corrected chi connectivity index (χ0v) is 16.3. The van der Waals surface area contributed by atoms with Crippen LogP contribution in [0.5, 0.6) is 0 Å². The maximum absolute atomic E-state index is 12.8. The van der Waals surface area contributed by atoms with Gasteiger partial charge in [-0.15, -0.1) is 0 Å². The molecular formula is C17H25N7O2S. The van der Waals surface area contributed by atoms with Crippen LogP contribution in [0.4, 0.5) is 5.82 Å². The van der Waals surface area contributed by atoms with Crippen LogP contribution in [0.1, 0.15) is 18.9 Å². The molecule has 10 heteroatoms. The Bertz CT molecular complexity index is 838. The Morgan fingerprint density at radius 3 is 2.37 bits per heavy atom. The molecule has 9 nitrogen and oxygen atoms in total. The molecule has 0 atom stereocenters. The normalized spacial score (nSPS) is 20.9. The molecule has 0 N–H and O–H groups in total. The van der Waals surface area contributed by atoms with Crippen molar-refractivity contribution in [2.45, 2.75) is 23.8 Å². The summed E-state index contributed by atoms with van der Waals surface area (Å²) in [5.74, 6) is 0.823. The van der Waals surface area contributed by atoms with Crippen LogP contribution in [0.15, 0.2) is 35.9 Å². The minimum absolute atomic E-state index is 0.272. The van der Waals surface area contributed by atoms with Gasteiger partial charge in [-0.1, -0.05) is 0 Å². The van der Waals surface area contributed by atoms with Gasteiger partial charge in [-0.2, -0.15) is 9.40 Å². The summed E-state index contributed by atoms with van der Waals surface area (Å²) in [6.45, 7) is 4.29. The molecule has 0 aliphatic carbocycles. The fourth-order valence-electron chi connectivity index (χ4n) is 3.66. The van der Waals surface area contributed by atoms with E-state index >= 15 is 0 Å². The highest BCUT2D eigenvalue weighted by atomic mass is 32.2. The Labute approximate surface area is 159 Å². The highest BCUT2D eigenvalue weighted by Crippen LogP contribution is 2.25. The maximum atomic E-state index is 12.8. The minimum Gasteiger partial charge on any atom is -0.356 e. The predicted octanol–water partition coefficient (Wildman–Crippen LogP) is 0.451. The van der Waals surface area contributed by atoms with Crippen molar-refractivity contribution in [2.24, 2.45) is 0 Å². The van der Waals surface area contributed by atoms with E-state index in [4.69, 9.17) is 0 Å². The van der Waals surface area contributed by atoms with Crippen molar-refractivity contribution in [1.29, 1.82) is 0 Å². The van der Waals surface area contributed by atoms with Crippen molar-refractivity contribution in [3.8, 4) is 0 Å². The predicted molar refractivity (Wildman–Crippen MR) is 101 cm³/mol. The fraction of sp³-hybridized carbons (Fsp3) is 0.588. The van der Waals surface area contributed by atoms with E-state index in [-0.39, 0.29) is 4.90 Å². The first-order chi connectivity index (χ1) is 13.0. The van der Waals surface area contributed by atoms with E-state index in [2.05, 4.69) is 24.9 Å². The second-order valence-corrected chi connectivity index (χ2v) is 9.09. The summed E-state index contributed by atoms with van der Waals surface area (Å²) in [5, 5.41) is 4.22. The molecule has 0 saturated carbocycles. The molecule has 0 aromatic carbocycles. The second-order valence-electron chi connectivity index (χ2n) is 7.15. The van der Waals surface area contributed by atoms with Gasteiger partial charge in [0, 0.05) is 45.5 Å². The molecular weight excluding hydrogens is 366 g/mol. The van der Waals surface area contributed by atoms with Gasteiger partial charge in [-0.3, -0.25) is 0 Å². The van der Waals surface area contributed by atoms with Gasteiger partial charge in [0.1, 0.15) is 23.4 Å². The quantitative estimate of drug-likeness (QED) is 0.748. The molecule has 146 valence electrons. The number of piperidine rings is 1. The Hall–Kier alpha value is -2.04. The number of pyridine rings is 1. The van der Waals surface area contributed by atoms with Crippen LogP contribution < -0.4 is 4.90 Å². The summed E-state index contributed by atoms with van der Waals surface area (Å²) in [4.78, 5) is 13.1. The van der Waals surface area contributed by atoms with E-state index in [1.807, 2.05) is 17.8 Å². The molecule has 2 fully saturated rings. The number of likely N-dealkylation sites (N-methyl/N-ethyl adjacent to an activating group) is 1. The molecule has 2 aliphatic heterocycles. The summed E-state index contributed by atoms with van der Waals surface area (Å²) in [6.07, 6.45) is 6.75. The number of hydrogen-bond acceptors (Lipinski definition) is 7. The molecule has 4 rings (SSSR count). The SMILES string of the molecule is CN1CCN(S(=O)(=O)c2ccc(N3CCC(n4cncn4)CC3)nc2)CC1. The maximum Gasteiger partial charge on any atom is 0.244 e. The van der Waals surface area contributed by atoms with Gasteiger partial charge in [0.15, 0.2) is 0 Å². The van der Waals surface area contributed by atoms with Crippen LogP contribution in [-0.2, 0) is 10.0 Å². The van der Waals surface area contributed by atoms with Gasteiger partial charge in [0.05, 0.1) is 6.04 Å². The number of aromatic nitrogens is 4. The van der Waals surface area contributed by atoms with E-state index in [1.54, 1.807) is 23.0 Å². The number of anilines is 1. The lowest BCUT2D eigenvalue weighted by atomic mass is 10.1. The molecule has 2 aromatic rings. The lowest BCUT2D eigenvalue weighted by molar-refractivity contribution is 0.222. The van der Waals surface area contributed by atoms with Gasteiger partial charge in [-0.25, -0.2) is 23.1 Å². The van der Waals surface area contributed by atoms with Gasteiger partial charge < -0.3 is 9.80 Å². The first-order valence-corrected chi connectivity index (χ1v) is 10.7. The minimum atomic E-state index is -3.46. The Kier molecular flexibility index (Phi) is 5.11. The van der Waals surface area contributed by atoms with Crippen molar-refractivity contribution in [3.63, 3.8) is 0 Å². The monoisotopic (exact) mass is 391 g/mol. The third-order valence-corrected chi connectivity index (χ3v) is 7.30. The van der Waals surface area contributed by atoms with Crippen molar-refractivity contribution < 1.29 is 8.42 Å². The molecule has 2 aromatic heterocycles. The molecule has 27 heavy (non-hydrogen) atoms. The van der Waals surface area contributed by atoms with Gasteiger partial charge in [-0.05, 0) is 32.0 Å². The van der Waals surface area contributed by atoms with E-state index in [0.29, 0.717) is 19.1 Å². The van der Waals surface area contributed by atoms with Gasteiger partial charge >= 0.3 is 0 Å². The van der Waals surface area contributed by atoms with Crippen LogP contribution in [0.3, 0.4) is 0 Å². The third kappa shape index (κ3) is 3.83. The van der Waals surface area contributed by atoms with Crippen molar-refractivity contribution in [1.82, 2.24) is 29.0 Å². The van der Waals surface area contributed by atoms with Crippen LogP contribution in [-0.4, -0.2) is 83.7 Å². The first-order valence-electron chi connectivity index (χ1n) is 9.28. The van der Waals surface area contributed by atoms with Crippen LogP contribution >= 0.6 is 0 Å². The average molecular weight is 392 g/mol. The van der Waals surface area contributed by atoms with E-state index in [9.17, 15) is 8.42 Å². The first kappa shape index (κ1) is 18.3. The van der Waals surface area contributed by atoms with Gasteiger partial charge in [0.2, 0.25) is 10.0 Å². The molecule has 4 heterocycles. The van der Waals surface area contributed by atoms with Crippen LogP contribution in [0.25, 0.3) is 0 Å². The average Bonchev–Trinajstić information content (AvgIpc) is 3.23. The Balaban J connectivity index is 1.40. The lowest BCUT2D eigenvalue weighted by Gasteiger charge is -2.33. The molecule has 2 aliphatic rings. The summed E-state index contributed by atoms with van der Waals surface area (Å²) < 4.78 is 29.1. The highest BCUT2D eigenvalue weighted by Gasteiger charge is 2.28. The summed E-state index contributed by atoms with van der Waals surface area (Å²) in [5.41, 5.74) is 0. The highest BCUT2D eigenvalue weighted by molar-refractivity contribution is 7.89. The smallest absolute Gasteiger partial charge is 0.244 e. The van der Waals surface area contributed by atoms with Crippen molar-refractivity contribution in [2.75, 3.05) is 51.2 Å². The molecule has 0 amide bonds. The number of hydrogen-bond donors (Lipinski definition) is 0. The Morgan fingerprint density at radius 1 is 1.04 bits per heavy atom. The summed E-state index contributed by atoms with van der Waals surface area (Å²) >= 11 is 0. The van der Waals surface area contributed by atoms with Crippen molar-refractivity contribution in [3.05, 3.63) is 31.0 Å². The van der Waals surface area contributed by atoms with Gasteiger partial charge in [0.25, 0.3) is 0 Å². The standard InChI is InChI=1S/C17H25N7O2S/c1-21-8-10-23(11-9-21)27(25,26)16-2-3-17(19-12-16)22-6-4-15(5-7-22)24-14-18-13-20-24/h2-3,12-15H,4-11H2,1H3. The van der Waals surface area contributed by atoms with E-state index in [1.165, 1.54) is 6.20 Å². The summed E-state index contributed by atoms with van der Waals surface area (Å²) in [6, 6.07) is 3.86. The number of rotatable bonds is 4. The van der Waals surface area contributed by atoms with Crippen LogP contribution in [0.2, 0.25) is 0 Å². The number of nitrogens with zero attached hydrogens (tertiary/aromatic N) is 7. The number of piperazine rings is 1. The zero-order valence-electron chi connectivity index (χ0n) is 15.5.